The second kappa shape index (κ2) is 11.4. The van der Waals surface area contributed by atoms with Crippen molar-refractivity contribution in [1.82, 2.24) is 0 Å². The van der Waals surface area contributed by atoms with E-state index in [9.17, 15) is 23.7 Å². The molecule has 35 heavy (non-hydrogen) atoms. The van der Waals surface area contributed by atoms with Crippen LogP contribution in [-0.4, -0.2) is 33.3 Å². The third-order valence-corrected chi connectivity index (χ3v) is 5.70. The van der Waals surface area contributed by atoms with E-state index in [1.807, 2.05) is 13.8 Å². The molecule has 2 N–H and O–H groups in total. The quantitative estimate of drug-likeness (QED) is 0.160. The van der Waals surface area contributed by atoms with E-state index in [1.165, 1.54) is 43.5 Å². The Balaban J connectivity index is 2.01. The van der Waals surface area contributed by atoms with Crippen LogP contribution in [0.3, 0.4) is 0 Å². The van der Waals surface area contributed by atoms with Gasteiger partial charge in [-0.1, -0.05) is 24.6 Å². The number of hydrogen-bond acceptors (Lipinski definition) is 7. The van der Waals surface area contributed by atoms with Gasteiger partial charge in [0.05, 0.1) is 29.0 Å². The molecule has 0 aliphatic heterocycles. The van der Waals surface area contributed by atoms with Gasteiger partial charge in [0, 0.05) is 18.7 Å². The van der Waals surface area contributed by atoms with E-state index in [-0.39, 0.29) is 22.7 Å². The molecule has 184 valence electrons. The monoisotopic (exact) mass is 499 g/mol. The molecule has 0 heterocycles. The molecule has 3 aromatic rings. The summed E-state index contributed by atoms with van der Waals surface area (Å²) in [6.07, 6.45) is 0.774. The van der Waals surface area contributed by atoms with Crippen molar-refractivity contribution in [2.45, 2.75) is 20.3 Å². The molecule has 0 spiro atoms. The number of aryl methyl sites for hydroxylation is 1. The summed E-state index contributed by atoms with van der Waals surface area (Å²) in [5.74, 6) is -0.196. The molecule has 1 atom stereocenters. The summed E-state index contributed by atoms with van der Waals surface area (Å²) in [5, 5.41) is 14.3. The van der Waals surface area contributed by atoms with Crippen LogP contribution in [0.2, 0.25) is 0 Å². The number of nitro groups is 1. The molecule has 0 aromatic heterocycles. The van der Waals surface area contributed by atoms with E-state index in [0.717, 1.165) is 16.3 Å². The van der Waals surface area contributed by atoms with E-state index < -0.39 is 22.2 Å². The van der Waals surface area contributed by atoms with Crippen LogP contribution in [0, 0.1) is 17.0 Å². The van der Waals surface area contributed by atoms with Crippen LogP contribution < -0.4 is 14.4 Å². The maximum Gasteiger partial charge on any atom is 0.340 e. The molecule has 3 rings (SSSR count). The lowest BCUT2D eigenvalue weighted by Crippen LogP contribution is -2.22. The fourth-order valence-corrected chi connectivity index (χ4v) is 3.93. The van der Waals surface area contributed by atoms with Gasteiger partial charge in [-0.25, -0.2) is 13.3 Å². The number of hydrogen-bond donors (Lipinski definition) is 2. The van der Waals surface area contributed by atoms with Crippen molar-refractivity contribution < 1.29 is 28.0 Å². The van der Waals surface area contributed by atoms with Crippen LogP contribution >= 0.6 is 0 Å². The molecule has 1 unspecified atom stereocenters. The Kier molecular flexibility index (Phi) is 8.39. The Morgan fingerprint density at radius 1 is 1.11 bits per heavy atom. The lowest BCUT2D eigenvalue weighted by Gasteiger charge is -2.23. The fraction of sp³-hybridized carbons (Fsp3) is 0.208. The van der Waals surface area contributed by atoms with Crippen molar-refractivity contribution >= 4 is 40.0 Å². The first-order valence-electron chi connectivity index (χ1n) is 10.7. The highest BCUT2D eigenvalue weighted by molar-refractivity contribution is 7.81. The van der Waals surface area contributed by atoms with E-state index in [0.29, 0.717) is 23.7 Å². The van der Waals surface area contributed by atoms with Gasteiger partial charge in [0.25, 0.3) is 17.0 Å². The summed E-state index contributed by atoms with van der Waals surface area (Å²) < 4.78 is 34.1. The van der Waals surface area contributed by atoms with Gasteiger partial charge in [-0.05, 0) is 49.7 Å². The SMILES string of the molecule is CCCNc1cc(Oc2ccc(N(c3ccc(C)cc3)S(=O)O)c(C(=O)OC)c2)ccc1[N+](=O)[O-]. The van der Waals surface area contributed by atoms with Crippen molar-refractivity contribution in [3.63, 3.8) is 0 Å². The summed E-state index contributed by atoms with van der Waals surface area (Å²) in [6, 6.07) is 15.5. The van der Waals surface area contributed by atoms with Crippen molar-refractivity contribution in [3.8, 4) is 11.5 Å². The average molecular weight is 500 g/mol. The molecule has 11 heteroatoms. The largest absolute Gasteiger partial charge is 0.465 e. The predicted molar refractivity (Wildman–Crippen MR) is 134 cm³/mol. The number of carbonyl (C=O) groups is 1. The number of benzene rings is 3. The summed E-state index contributed by atoms with van der Waals surface area (Å²) in [4.78, 5) is 23.4. The first kappa shape index (κ1) is 25.7. The van der Waals surface area contributed by atoms with E-state index in [1.54, 1.807) is 24.3 Å². The van der Waals surface area contributed by atoms with Gasteiger partial charge in [0.1, 0.15) is 17.2 Å². The third kappa shape index (κ3) is 6.14. The van der Waals surface area contributed by atoms with Gasteiger partial charge in [-0.15, -0.1) is 0 Å². The van der Waals surface area contributed by atoms with Crippen molar-refractivity contribution in [1.29, 1.82) is 0 Å². The molecule has 0 amide bonds. The Morgan fingerprint density at radius 2 is 1.77 bits per heavy atom. The van der Waals surface area contributed by atoms with Crippen LogP contribution in [0.5, 0.6) is 11.5 Å². The first-order chi connectivity index (χ1) is 16.7. The lowest BCUT2D eigenvalue weighted by molar-refractivity contribution is -0.384. The highest BCUT2D eigenvalue weighted by atomic mass is 32.2. The zero-order valence-corrected chi connectivity index (χ0v) is 20.2. The number of anilines is 3. The Bertz CT molecular complexity index is 1250. The maximum atomic E-state index is 12.6. The zero-order chi connectivity index (χ0) is 25.5. The maximum absolute atomic E-state index is 12.6. The van der Waals surface area contributed by atoms with Gasteiger partial charge in [0.2, 0.25) is 0 Å². The number of nitrogens with one attached hydrogen (secondary N) is 1. The zero-order valence-electron chi connectivity index (χ0n) is 19.4. The van der Waals surface area contributed by atoms with Crippen LogP contribution in [0.25, 0.3) is 0 Å². The topological polar surface area (TPSA) is 131 Å². The van der Waals surface area contributed by atoms with Crippen LogP contribution in [-0.2, 0) is 16.0 Å². The summed E-state index contributed by atoms with van der Waals surface area (Å²) in [6.45, 7) is 4.37. The Morgan fingerprint density at radius 3 is 2.37 bits per heavy atom. The smallest absolute Gasteiger partial charge is 0.340 e. The van der Waals surface area contributed by atoms with E-state index in [4.69, 9.17) is 9.47 Å². The predicted octanol–water partition coefficient (Wildman–Crippen LogP) is 5.58. The first-order valence-corrected chi connectivity index (χ1v) is 11.7. The summed E-state index contributed by atoms with van der Waals surface area (Å²) in [5.41, 5.74) is 1.72. The molecule has 0 saturated carbocycles. The molecule has 0 fully saturated rings. The van der Waals surface area contributed by atoms with Crippen molar-refractivity contribution in [3.05, 3.63) is 81.9 Å². The van der Waals surface area contributed by atoms with Crippen LogP contribution in [0.4, 0.5) is 22.7 Å². The highest BCUT2D eigenvalue weighted by Crippen LogP contribution is 2.36. The Hall–Kier alpha value is -3.96. The van der Waals surface area contributed by atoms with Crippen molar-refractivity contribution in [2.75, 3.05) is 23.3 Å². The van der Waals surface area contributed by atoms with Gasteiger partial charge in [-0.3, -0.25) is 14.7 Å². The van der Waals surface area contributed by atoms with Gasteiger partial charge >= 0.3 is 5.97 Å². The summed E-state index contributed by atoms with van der Waals surface area (Å²) >= 11 is -2.49. The molecule has 0 aliphatic carbocycles. The minimum absolute atomic E-state index is 0.000724. The molecule has 0 bridgehead atoms. The highest BCUT2D eigenvalue weighted by Gasteiger charge is 2.24. The van der Waals surface area contributed by atoms with E-state index in [2.05, 4.69) is 5.32 Å². The fourth-order valence-electron chi connectivity index (χ4n) is 3.30. The number of carbonyl (C=O) groups excluding carboxylic acids is 1. The number of methoxy groups -OCH3 is 1. The van der Waals surface area contributed by atoms with Gasteiger partial charge < -0.3 is 14.8 Å². The third-order valence-electron chi connectivity index (χ3n) is 4.98. The molecule has 0 aliphatic rings. The van der Waals surface area contributed by atoms with Gasteiger partial charge in [-0.2, -0.15) is 0 Å². The lowest BCUT2D eigenvalue weighted by atomic mass is 10.1. The van der Waals surface area contributed by atoms with Crippen LogP contribution in [0.1, 0.15) is 29.3 Å². The molecule has 10 nitrogen and oxygen atoms in total. The minimum Gasteiger partial charge on any atom is -0.465 e. The summed E-state index contributed by atoms with van der Waals surface area (Å²) in [7, 11) is 1.20. The molecular formula is C24H25N3O7S. The molecule has 0 saturated heterocycles. The van der Waals surface area contributed by atoms with Gasteiger partial charge in [0.15, 0.2) is 0 Å². The number of nitro benzene ring substituents is 1. The number of esters is 1. The van der Waals surface area contributed by atoms with Crippen molar-refractivity contribution in [2.24, 2.45) is 0 Å². The van der Waals surface area contributed by atoms with E-state index >= 15 is 0 Å². The molecule has 0 radical (unpaired) electrons. The second-order valence-corrected chi connectivity index (χ2v) is 8.32. The van der Waals surface area contributed by atoms with Crippen LogP contribution in [0.15, 0.2) is 60.7 Å². The second-order valence-electron chi connectivity index (χ2n) is 7.50. The normalized spacial score (nSPS) is 11.4. The number of ether oxygens (including phenoxy) is 2. The molecular weight excluding hydrogens is 474 g/mol. The standard InChI is InChI=1S/C24H25N3O7S/c1-4-13-25-21-15-19(10-12-23(21)27(29)30)34-18-9-11-22(20(14-18)24(28)33-3)26(35(31)32)17-7-5-16(2)6-8-17/h5-12,14-15,25H,4,13H2,1-3H3,(H,31,32). The molecule has 3 aromatic carbocycles. The number of rotatable bonds is 10. The average Bonchev–Trinajstić information content (AvgIpc) is 2.84. The number of nitrogens with zero attached hydrogens (tertiary/aromatic N) is 2. The minimum atomic E-state index is -2.49. The Labute approximate surface area is 205 Å².